The van der Waals surface area contributed by atoms with Gasteiger partial charge >= 0.3 is 5.97 Å². The van der Waals surface area contributed by atoms with Gasteiger partial charge in [-0.2, -0.15) is 0 Å². The molecule has 1 aliphatic heterocycles. The largest absolute Gasteiger partial charge is 0.506 e. The van der Waals surface area contributed by atoms with Crippen LogP contribution < -0.4 is 15.2 Å². The second kappa shape index (κ2) is 3.84. The maximum absolute atomic E-state index is 10.7. The third-order valence-corrected chi connectivity index (χ3v) is 2.95. The lowest BCUT2D eigenvalue weighted by molar-refractivity contribution is -0.138. The van der Waals surface area contributed by atoms with Crippen LogP contribution in [0, 0.1) is 0 Å². The smallest absolute Gasteiger partial charge is 0.325 e. The van der Waals surface area contributed by atoms with Crippen LogP contribution >= 0.6 is 15.9 Å². The minimum atomic E-state index is -1.31. The number of carboxylic acid groups (broad SMARTS) is 1. The standard InChI is InChI=1S/C9H8BrNO5/c10-5-7(12)3(6(11)9(13)14)1-4-8(5)16-2-15-4/h1,6,12H,2,11H2,(H,13,14). The van der Waals surface area contributed by atoms with Crippen LogP contribution in [0.4, 0.5) is 0 Å². The van der Waals surface area contributed by atoms with Gasteiger partial charge in [0.1, 0.15) is 16.3 Å². The summed E-state index contributed by atoms with van der Waals surface area (Å²) in [5.41, 5.74) is 5.50. The SMILES string of the molecule is NC(C(=O)O)c1cc2c(c(Br)c1O)OCO2. The Morgan fingerprint density at radius 1 is 1.56 bits per heavy atom. The van der Waals surface area contributed by atoms with E-state index >= 15 is 0 Å². The molecule has 1 unspecified atom stereocenters. The summed E-state index contributed by atoms with van der Waals surface area (Å²) in [6, 6.07) is 0.0482. The van der Waals surface area contributed by atoms with Gasteiger partial charge in [-0.15, -0.1) is 0 Å². The minimum absolute atomic E-state index is 0.0269. The van der Waals surface area contributed by atoms with Gasteiger partial charge in [-0.3, -0.25) is 4.79 Å². The number of carboxylic acids is 1. The van der Waals surface area contributed by atoms with Gasteiger partial charge < -0.3 is 25.4 Å². The Kier molecular flexibility index (Phi) is 2.64. The van der Waals surface area contributed by atoms with Gasteiger partial charge in [0.05, 0.1) is 0 Å². The molecule has 0 aliphatic carbocycles. The molecule has 1 aromatic carbocycles. The van der Waals surface area contributed by atoms with E-state index in [1.165, 1.54) is 6.07 Å². The third kappa shape index (κ3) is 1.57. The number of hydrogen-bond acceptors (Lipinski definition) is 5. The third-order valence-electron chi connectivity index (χ3n) is 2.21. The fourth-order valence-electron chi connectivity index (χ4n) is 1.38. The van der Waals surface area contributed by atoms with E-state index in [1.807, 2.05) is 0 Å². The van der Waals surface area contributed by atoms with Crippen LogP contribution in [-0.4, -0.2) is 23.0 Å². The molecule has 0 amide bonds. The maximum atomic E-state index is 10.7. The molecule has 7 heteroatoms. The summed E-state index contributed by atoms with van der Waals surface area (Å²) in [7, 11) is 0. The molecule has 0 fully saturated rings. The monoisotopic (exact) mass is 289 g/mol. The van der Waals surface area contributed by atoms with Crippen molar-refractivity contribution in [3.8, 4) is 17.2 Å². The quantitative estimate of drug-likeness (QED) is 0.750. The molecule has 1 heterocycles. The number of aliphatic carboxylic acids is 1. The molecule has 0 bridgehead atoms. The number of phenols is 1. The number of nitrogens with two attached hydrogens (primary N) is 1. The van der Waals surface area contributed by atoms with Crippen LogP contribution in [0.2, 0.25) is 0 Å². The van der Waals surface area contributed by atoms with E-state index in [4.69, 9.17) is 20.3 Å². The average Bonchev–Trinajstić information content (AvgIpc) is 2.70. The highest BCUT2D eigenvalue weighted by atomic mass is 79.9. The van der Waals surface area contributed by atoms with Crippen molar-refractivity contribution in [2.24, 2.45) is 5.73 Å². The molecule has 16 heavy (non-hydrogen) atoms. The number of phenolic OH excluding ortho intramolecular Hbond substituents is 1. The highest BCUT2D eigenvalue weighted by Gasteiger charge is 2.27. The van der Waals surface area contributed by atoms with Gasteiger partial charge in [0.2, 0.25) is 6.79 Å². The second-order valence-electron chi connectivity index (χ2n) is 3.18. The van der Waals surface area contributed by atoms with Gasteiger partial charge in [0.25, 0.3) is 0 Å². The first-order valence-corrected chi connectivity index (χ1v) is 5.11. The number of ether oxygens (including phenoxy) is 2. The lowest BCUT2D eigenvalue weighted by atomic mass is 10.1. The van der Waals surface area contributed by atoms with E-state index in [1.54, 1.807) is 0 Å². The molecule has 1 atom stereocenters. The summed E-state index contributed by atoms with van der Waals surface area (Å²) >= 11 is 3.10. The molecular weight excluding hydrogens is 282 g/mol. The average molecular weight is 290 g/mol. The lowest BCUT2D eigenvalue weighted by Crippen LogP contribution is -2.20. The number of halogens is 1. The van der Waals surface area contributed by atoms with E-state index in [0.29, 0.717) is 11.5 Å². The van der Waals surface area contributed by atoms with E-state index < -0.39 is 12.0 Å². The molecular formula is C9H8BrNO5. The molecule has 2 rings (SSSR count). The molecule has 1 aromatic rings. The van der Waals surface area contributed by atoms with Crippen molar-refractivity contribution >= 4 is 21.9 Å². The van der Waals surface area contributed by atoms with Crippen LogP contribution in [0.1, 0.15) is 11.6 Å². The zero-order valence-corrected chi connectivity index (χ0v) is 9.52. The zero-order chi connectivity index (χ0) is 11.9. The molecule has 4 N–H and O–H groups in total. The maximum Gasteiger partial charge on any atom is 0.325 e. The van der Waals surface area contributed by atoms with Crippen molar-refractivity contribution in [3.05, 3.63) is 16.1 Å². The summed E-state index contributed by atoms with van der Waals surface area (Å²) in [5.74, 6) is -0.782. The molecule has 0 aromatic heterocycles. The Morgan fingerprint density at radius 3 is 2.88 bits per heavy atom. The Labute approximate surface area is 98.7 Å². The van der Waals surface area contributed by atoms with Crippen molar-refractivity contribution < 1.29 is 24.5 Å². The van der Waals surface area contributed by atoms with Crippen molar-refractivity contribution in [2.75, 3.05) is 6.79 Å². The van der Waals surface area contributed by atoms with Crippen molar-refractivity contribution in [1.29, 1.82) is 0 Å². The molecule has 0 spiro atoms. The van der Waals surface area contributed by atoms with Gasteiger partial charge in [-0.25, -0.2) is 0 Å². The second-order valence-corrected chi connectivity index (χ2v) is 3.97. The van der Waals surface area contributed by atoms with Gasteiger partial charge in [0, 0.05) is 5.56 Å². The van der Waals surface area contributed by atoms with E-state index in [2.05, 4.69) is 15.9 Å². The van der Waals surface area contributed by atoms with Crippen LogP contribution in [0.5, 0.6) is 17.2 Å². The first kappa shape index (κ1) is 11.0. The van der Waals surface area contributed by atoms with E-state index in [-0.39, 0.29) is 22.6 Å². The number of benzene rings is 1. The summed E-state index contributed by atoms with van der Waals surface area (Å²) in [6.07, 6.45) is 0. The fraction of sp³-hybridized carbons (Fsp3) is 0.222. The predicted molar refractivity (Wildman–Crippen MR) is 56.5 cm³/mol. The van der Waals surface area contributed by atoms with E-state index in [0.717, 1.165) is 0 Å². The lowest BCUT2D eigenvalue weighted by Gasteiger charge is -2.11. The van der Waals surface area contributed by atoms with Crippen molar-refractivity contribution in [1.82, 2.24) is 0 Å². The zero-order valence-electron chi connectivity index (χ0n) is 7.94. The number of fused-ring (bicyclic) bond motifs is 1. The summed E-state index contributed by atoms with van der Waals surface area (Å²) in [4.78, 5) is 10.7. The fourth-order valence-corrected chi connectivity index (χ4v) is 1.92. The van der Waals surface area contributed by atoms with Gasteiger partial charge in [-0.1, -0.05) is 0 Å². The number of rotatable bonds is 2. The van der Waals surface area contributed by atoms with Gasteiger partial charge in [0.15, 0.2) is 11.5 Å². The Morgan fingerprint density at radius 2 is 2.25 bits per heavy atom. The number of hydrogen-bond donors (Lipinski definition) is 3. The highest BCUT2D eigenvalue weighted by Crippen LogP contribution is 2.47. The molecule has 0 saturated carbocycles. The van der Waals surface area contributed by atoms with Crippen LogP contribution in [-0.2, 0) is 4.79 Å². The summed E-state index contributed by atoms with van der Waals surface area (Å²) < 4.78 is 10.4. The Hall–Kier alpha value is -1.47. The van der Waals surface area contributed by atoms with Crippen molar-refractivity contribution in [2.45, 2.75) is 6.04 Å². The molecule has 1 aliphatic rings. The van der Waals surface area contributed by atoms with Crippen molar-refractivity contribution in [3.63, 3.8) is 0 Å². The highest BCUT2D eigenvalue weighted by molar-refractivity contribution is 9.10. The molecule has 0 radical (unpaired) electrons. The van der Waals surface area contributed by atoms with Crippen LogP contribution in [0.25, 0.3) is 0 Å². The van der Waals surface area contributed by atoms with Crippen LogP contribution in [0.15, 0.2) is 10.5 Å². The van der Waals surface area contributed by atoms with Gasteiger partial charge in [-0.05, 0) is 22.0 Å². The molecule has 0 saturated heterocycles. The Balaban J connectivity index is 2.56. The predicted octanol–water partition coefficient (Wildman–Crippen LogP) is 0.968. The first-order chi connectivity index (χ1) is 7.52. The number of aromatic hydroxyl groups is 1. The minimum Gasteiger partial charge on any atom is -0.506 e. The number of carbonyl (C=O) groups is 1. The normalized spacial score (nSPS) is 14.9. The topological polar surface area (TPSA) is 102 Å². The molecule has 86 valence electrons. The van der Waals surface area contributed by atoms with E-state index in [9.17, 15) is 9.90 Å². The van der Waals surface area contributed by atoms with Crippen LogP contribution in [0.3, 0.4) is 0 Å². The first-order valence-electron chi connectivity index (χ1n) is 4.31. The Bertz CT molecular complexity index is 462. The summed E-state index contributed by atoms with van der Waals surface area (Å²) in [5, 5.41) is 18.5. The molecule has 6 nitrogen and oxygen atoms in total. The summed E-state index contributed by atoms with van der Waals surface area (Å²) in [6.45, 7) is 0.0269.